The monoisotopic (exact) mass is 344 g/mol. The van der Waals surface area contributed by atoms with Gasteiger partial charge in [0.05, 0.1) is 21.4 Å². The number of hydrogen-bond donors (Lipinski definition) is 1. The van der Waals surface area contributed by atoms with Gasteiger partial charge in [0.2, 0.25) is 0 Å². The summed E-state index contributed by atoms with van der Waals surface area (Å²) in [4.78, 5) is 0. The molecule has 0 spiro atoms. The highest BCUT2D eigenvalue weighted by Crippen LogP contribution is 2.30. The third kappa shape index (κ3) is 2.60. The Kier molecular flexibility index (Phi) is 3.95. The maximum atomic E-state index is 13.9. The Balaban J connectivity index is 2.46. The Labute approximate surface area is 119 Å². The molecular formula is C13H5BrF4N2. The van der Waals surface area contributed by atoms with Gasteiger partial charge in [0.15, 0.2) is 17.5 Å². The van der Waals surface area contributed by atoms with Gasteiger partial charge in [0.25, 0.3) is 0 Å². The zero-order chi connectivity index (χ0) is 14.9. The average molecular weight is 345 g/mol. The minimum atomic E-state index is -1.39. The van der Waals surface area contributed by atoms with Gasteiger partial charge in [-0.15, -0.1) is 0 Å². The largest absolute Gasteiger partial charge is 0.351 e. The highest BCUT2D eigenvalue weighted by molar-refractivity contribution is 9.10. The molecule has 0 unspecified atom stereocenters. The molecule has 0 aliphatic heterocycles. The van der Waals surface area contributed by atoms with Crippen LogP contribution in [0.2, 0.25) is 0 Å². The topological polar surface area (TPSA) is 35.8 Å². The molecule has 7 heteroatoms. The van der Waals surface area contributed by atoms with Crippen LogP contribution in [0.4, 0.5) is 28.9 Å². The summed E-state index contributed by atoms with van der Waals surface area (Å²) in [6.45, 7) is 0. The van der Waals surface area contributed by atoms with Gasteiger partial charge >= 0.3 is 0 Å². The number of nitriles is 1. The van der Waals surface area contributed by atoms with Gasteiger partial charge in [-0.1, -0.05) is 0 Å². The number of hydrogen-bond acceptors (Lipinski definition) is 2. The number of nitrogens with zero attached hydrogens (tertiary/aromatic N) is 1. The summed E-state index contributed by atoms with van der Waals surface area (Å²) >= 11 is 2.87. The second-order valence-corrected chi connectivity index (χ2v) is 4.57. The molecule has 0 aliphatic carbocycles. The normalized spacial score (nSPS) is 10.2. The summed E-state index contributed by atoms with van der Waals surface area (Å²) in [5, 5.41) is 11.0. The van der Waals surface area contributed by atoms with Gasteiger partial charge in [0, 0.05) is 12.1 Å². The zero-order valence-corrected chi connectivity index (χ0v) is 11.2. The van der Waals surface area contributed by atoms with Crippen LogP contribution < -0.4 is 5.32 Å². The maximum absolute atomic E-state index is 13.9. The van der Waals surface area contributed by atoms with Gasteiger partial charge in [-0.3, -0.25) is 0 Å². The Morgan fingerprint density at radius 2 is 1.70 bits per heavy atom. The molecule has 0 amide bonds. The minimum Gasteiger partial charge on any atom is -0.351 e. The molecule has 0 bridgehead atoms. The summed E-state index contributed by atoms with van der Waals surface area (Å²) < 4.78 is 53.3. The molecule has 1 N–H and O–H groups in total. The molecule has 0 aromatic heterocycles. The zero-order valence-electron chi connectivity index (χ0n) is 9.65. The van der Waals surface area contributed by atoms with E-state index in [4.69, 9.17) is 5.26 Å². The first-order valence-corrected chi connectivity index (χ1v) is 6.03. The van der Waals surface area contributed by atoms with E-state index in [9.17, 15) is 17.6 Å². The van der Waals surface area contributed by atoms with Crippen LogP contribution in [0.3, 0.4) is 0 Å². The lowest BCUT2D eigenvalue weighted by atomic mass is 10.2. The predicted octanol–water partition coefficient (Wildman–Crippen LogP) is 4.62. The number of nitrogens with one attached hydrogen (secondary N) is 1. The SMILES string of the molecule is N#Cc1ccc(Nc2cc(F)cc(F)c2F)c(F)c1Br. The van der Waals surface area contributed by atoms with Gasteiger partial charge in [-0.2, -0.15) is 5.26 Å². The van der Waals surface area contributed by atoms with E-state index in [0.717, 1.165) is 0 Å². The average Bonchev–Trinajstić information content (AvgIpc) is 2.41. The number of rotatable bonds is 2. The second kappa shape index (κ2) is 5.51. The maximum Gasteiger partial charge on any atom is 0.182 e. The molecule has 0 aliphatic rings. The fraction of sp³-hybridized carbons (Fsp3) is 0. The van der Waals surface area contributed by atoms with E-state index in [1.807, 2.05) is 0 Å². The van der Waals surface area contributed by atoms with E-state index in [-0.39, 0.29) is 15.7 Å². The standard InChI is InChI=1S/C13H5BrF4N2/c14-11-6(5-19)1-2-9(13(11)18)20-10-4-7(15)3-8(16)12(10)17/h1-4,20H. The van der Waals surface area contributed by atoms with Gasteiger partial charge in [0.1, 0.15) is 11.9 Å². The van der Waals surface area contributed by atoms with Crippen LogP contribution in [0, 0.1) is 34.6 Å². The Hall–Kier alpha value is -2.07. The van der Waals surface area contributed by atoms with E-state index < -0.39 is 29.0 Å². The number of anilines is 2. The van der Waals surface area contributed by atoms with Crippen molar-refractivity contribution in [2.75, 3.05) is 5.32 Å². The summed E-state index contributed by atoms with van der Waals surface area (Å²) in [7, 11) is 0. The molecule has 2 aromatic rings. The van der Waals surface area contributed by atoms with E-state index in [1.54, 1.807) is 6.07 Å². The smallest absolute Gasteiger partial charge is 0.182 e. The van der Waals surface area contributed by atoms with Crippen molar-refractivity contribution in [2.24, 2.45) is 0 Å². The van der Waals surface area contributed by atoms with Gasteiger partial charge in [-0.25, -0.2) is 17.6 Å². The van der Waals surface area contributed by atoms with Gasteiger partial charge in [-0.05, 0) is 28.1 Å². The highest BCUT2D eigenvalue weighted by Gasteiger charge is 2.15. The molecule has 0 saturated heterocycles. The van der Waals surface area contributed by atoms with E-state index in [0.29, 0.717) is 12.1 Å². The van der Waals surface area contributed by atoms with Crippen LogP contribution in [0.1, 0.15) is 5.56 Å². The first-order valence-electron chi connectivity index (χ1n) is 5.23. The van der Waals surface area contributed by atoms with Crippen molar-refractivity contribution in [2.45, 2.75) is 0 Å². The highest BCUT2D eigenvalue weighted by atomic mass is 79.9. The molecule has 20 heavy (non-hydrogen) atoms. The van der Waals surface area contributed by atoms with Crippen molar-refractivity contribution in [1.82, 2.24) is 0 Å². The third-order valence-corrected chi connectivity index (χ3v) is 3.24. The van der Waals surface area contributed by atoms with E-state index >= 15 is 0 Å². The fourth-order valence-corrected chi connectivity index (χ4v) is 1.96. The van der Waals surface area contributed by atoms with Crippen LogP contribution in [-0.4, -0.2) is 0 Å². The van der Waals surface area contributed by atoms with Crippen molar-refractivity contribution < 1.29 is 17.6 Å². The summed E-state index contributed by atoms with van der Waals surface area (Å²) in [5.41, 5.74) is -0.725. The summed E-state index contributed by atoms with van der Waals surface area (Å²) in [6, 6.07) is 5.28. The second-order valence-electron chi connectivity index (χ2n) is 3.77. The van der Waals surface area contributed by atoms with Crippen LogP contribution in [0.15, 0.2) is 28.7 Å². The lowest BCUT2D eigenvalue weighted by Gasteiger charge is -2.10. The lowest BCUT2D eigenvalue weighted by Crippen LogP contribution is -2.01. The molecule has 2 nitrogen and oxygen atoms in total. The molecule has 0 saturated carbocycles. The molecule has 0 atom stereocenters. The van der Waals surface area contributed by atoms with Crippen molar-refractivity contribution in [3.63, 3.8) is 0 Å². The van der Waals surface area contributed by atoms with E-state index in [2.05, 4.69) is 21.2 Å². The molecule has 0 fully saturated rings. The molecular weight excluding hydrogens is 340 g/mol. The van der Waals surface area contributed by atoms with Crippen molar-refractivity contribution in [3.05, 3.63) is 57.6 Å². The quantitative estimate of drug-likeness (QED) is 0.637. The Bertz CT molecular complexity index is 725. The number of benzene rings is 2. The van der Waals surface area contributed by atoms with Crippen molar-refractivity contribution in [3.8, 4) is 6.07 Å². The van der Waals surface area contributed by atoms with E-state index in [1.165, 1.54) is 12.1 Å². The van der Waals surface area contributed by atoms with Crippen LogP contribution in [-0.2, 0) is 0 Å². The first kappa shape index (κ1) is 14.3. The van der Waals surface area contributed by atoms with Gasteiger partial charge < -0.3 is 5.32 Å². The minimum absolute atomic E-state index is 0.0407. The number of halogens is 5. The molecule has 2 rings (SSSR count). The van der Waals surface area contributed by atoms with Crippen LogP contribution >= 0.6 is 15.9 Å². The Morgan fingerprint density at radius 3 is 2.35 bits per heavy atom. The third-order valence-electron chi connectivity index (χ3n) is 2.47. The van der Waals surface area contributed by atoms with Crippen LogP contribution in [0.5, 0.6) is 0 Å². The molecule has 2 aromatic carbocycles. The Morgan fingerprint density at radius 1 is 1.00 bits per heavy atom. The predicted molar refractivity (Wildman–Crippen MR) is 68.4 cm³/mol. The van der Waals surface area contributed by atoms with Crippen LogP contribution in [0.25, 0.3) is 0 Å². The van der Waals surface area contributed by atoms with Crippen molar-refractivity contribution in [1.29, 1.82) is 5.26 Å². The van der Waals surface area contributed by atoms with Crippen molar-refractivity contribution >= 4 is 27.3 Å². The molecule has 102 valence electrons. The first-order chi connectivity index (χ1) is 9.43. The molecule has 0 heterocycles. The lowest BCUT2D eigenvalue weighted by molar-refractivity contribution is 0.498. The molecule has 0 radical (unpaired) electrons. The fourth-order valence-electron chi connectivity index (χ4n) is 1.52. The summed E-state index contributed by atoms with van der Waals surface area (Å²) in [5.74, 6) is -4.58. The summed E-state index contributed by atoms with van der Waals surface area (Å²) in [6.07, 6.45) is 0.